The molecule has 3 heteroatoms. The van der Waals surface area contributed by atoms with E-state index in [-0.39, 0.29) is 0 Å². The summed E-state index contributed by atoms with van der Waals surface area (Å²) >= 11 is 0. The zero-order valence-electron chi connectivity index (χ0n) is 37.7. The minimum absolute atomic E-state index is 0.874. The Morgan fingerprint density at radius 1 is 0.290 bits per heavy atom. The van der Waals surface area contributed by atoms with Crippen molar-refractivity contribution in [3.05, 3.63) is 267 Å². The molecule has 13 aromatic rings. The molecule has 0 unspecified atom stereocenters. The van der Waals surface area contributed by atoms with E-state index in [1.54, 1.807) is 0 Å². The molecular weight excluding hydrogens is 837 g/mol. The van der Waals surface area contributed by atoms with Gasteiger partial charge in [0.2, 0.25) is 0 Å². The Bertz CT molecular complexity index is 3940. The molecular formula is C66H44N2O. The predicted molar refractivity (Wildman–Crippen MR) is 290 cm³/mol. The number of fused-ring (bicyclic) bond motifs is 6. The maximum Gasteiger partial charge on any atom is 0.143 e. The van der Waals surface area contributed by atoms with Crippen LogP contribution in [0.5, 0.6) is 0 Å². The molecule has 0 atom stereocenters. The molecule has 0 bridgehead atoms. The summed E-state index contributed by atoms with van der Waals surface area (Å²) in [4.78, 5) is 2.38. The van der Waals surface area contributed by atoms with Crippen LogP contribution >= 0.6 is 0 Å². The average Bonchev–Trinajstić information content (AvgIpc) is 3.98. The molecule has 2 heterocycles. The molecule has 324 valence electrons. The summed E-state index contributed by atoms with van der Waals surface area (Å²) in [5, 5.41) is 4.76. The number of furan rings is 1. The van der Waals surface area contributed by atoms with E-state index in [4.69, 9.17) is 4.42 Å². The van der Waals surface area contributed by atoms with Gasteiger partial charge in [0, 0.05) is 49.7 Å². The summed E-state index contributed by atoms with van der Waals surface area (Å²) in [7, 11) is 0. The van der Waals surface area contributed by atoms with Crippen LogP contribution in [0.3, 0.4) is 0 Å². The van der Waals surface area contributed by atoms with E-state index >= 15 is 0 Å². The third-order valence-corrected chi connectivity index (χ3v) is 13.6. The Labute approximate surface area is 401 Å². The molecule has 0 spiro atoms. The third kappa shape index (κ3) is 7.16. The standard InChI is InChI=1S/C66H44N2O/c1-3-16-48(17-4-1)56-24-7-10-29-62(56)67(54-22-14-21-51(43-54)52-38-41-60-61-28-15-27-57(49-18-5-2-6-19-49)66(61)69-65(60)44-52)53-39-36-46(37-40-53)45-32-34-47(35-33-45)50-20-13-23-55(42-50)68-63-30-11-8-25-58(63)59-26-9-12-31-64(59)68/h1-44H. The van der Waals surface area contributed by atoms with E-state index in [0.29, 0.717) is 0 Å². The SMILES string of the molecule is c1ccc(-c2ccccc2N(c2ccc(-c3ccc(-c4cccc(-n5c6ccccc6c6ccccc65)c4)cc3)cc2)c2cccc(-c3ccc4c(c3)oc3c(-c5ccccc5)cccc34)c2)cc1. The average molecular weight is 881 g/mol. The molecule has 0 aliphatic carbocycles. The van der Waals surface area contributed by atoms with E-state index in [0.717, 1.165) is 83.6 Å². The normalized spacial score (nSPS) is 11.5. The Kier molecular flexibility index (Phi) is 9.84. The van der Waals surface area contributed by atoms with Gasteiger partial charge in [-0.3, -0.25) is 0 Å². The van der Waals surface area contributed by atoms with Crippen molar-refractivity contribution in [1.82, 2.24) is 4.57 Å². The van der Waals surface area contributed by atoms with Gasteiger partial charge in [-0.1, -0.05) is 200 Å². The van der Waals surface area contributed by atoms with Crippen molar-refractivity contribution < 1.29 is 4.42 Å². The van der Waals surface area contributed by atoms with Crippen molar-refractivity contribution >= 4 is 60.8 Å². The van der Waals surface area contributed by atoms with Gasteiger partial charge >= 0.3 is 0 Å². The third-order valence-electron chi connectivity index (χ3n) is 13.6. The van der Waals surface area contributed by atoms with Gasteiger partial charge in [-0.05, 0) is 111 Å². The van der Waals surface area contributed by atoms with E-state index in [9.17, 15) is 0 Å². The van der Waals surface area contributed by atoms with Crippen LogP contribution < -0.4 is 4.90 Å². The highest BCUT2D eigenvalue weighted by atomic mass is 16.3. The smallest absolute Gasteiger partial charge is 0.143 e. The van der Waals surface area contributed by atoms with Crippen molar-refractivity contribution in [2.75, 3.05) is 4.90 Å². The van der Waals surface area contributed by atoms with Crippen molar-refractivity contribution in [2.45, 2.75) is 0 Å². The van der Waals surface area contributed by atoms with Gasteiger partial charge in [-0.15, -0.1) is 0 Å². The van der Waals surface area contributed by atoms with Crippen LogP contribution in [-0.4, -0.2) is 4.57 Å². The minimum atomic E-state index is 0.874. The highest BCUT2D eigenvalue weighted by Crippen LogP contribution is 2.44. The lowest BCUT2D eigenvalue weighted by Crippen LogP contribution is -2.11. The van der Waals surface area contributed by atoms with E-state index < -0.39 is 0 Å². The largest absolute Gasteiger partial charge is 0.455 e. The zero-order chi connectivity index (χ0) is 45.7. The highest BCUT2D eigenvalue weighted by Gasteiger charge is 2.19. The number of aromatic nitrogens is 1. The second kappa shape index (κ2) is 16.9. The highest BCUT2D eigenvalue weighted by molar-refractivity contribution is 6.11. The van der Waals surface area contributed by atoms with Gasteiger partial charge in [0.05, 0.1) is 16.7 Å². The number of hydrogen-bond acceptors (Lipinski definition) is 2. The van der Waals surface area contributed by atoms with Crippen LogP contribution in [-0.2, 0) is 0 Å². The molecule has 0 aliphatic heterocycles. The van der Waals surface area contributed by atoms with Gasteiger partial charge in [-0.25, -0.2) is 0 Å². The summed E-state index contributed by atoms with van der Waals surface area (Å²) in [6.45, 7) is 0. The number of anilines is 3. The van der Waals surface area contributed by atoms with Crippen molar-refractivity contribution in [3.63, 3.8) is 0 Å². The van der Waals surface area contributed by atoms with E-state index in [1.165, 1.54) is 38.5 Å². The summed E-state index contributed by atoms with van der Waals surface area (Å²) in [5.41, 5.74) is 20.0. The summed E-state index contributed by atoms with van der Waals surface area (Å²) in [5.74, 6) is 0. The molecule has 11 aromatic carbocycles. The van der Waals surface area contributed by atoms with Gasteiger partial charge in [0.1, 0.15) is 11.2 Å². The van der Waals surface area contributed by atoms with Crippen molar-refractivity contribution in [1.29, 1.82) is 0 Å². The first kappa shape index (κ1) is 40.1. The Morgan fingerprint density at radius 2 is 0.783 bits per heavy atom. The molecule has 2 aromatic heterocycles. The number of para-hydroxylation sites is 4. The fraction of sp³-hybridized carbons (Fsp3) is 0. The first-order valence-electron chi connectivity index (χ1n) is 23.6. The molecule has 0 aliphatic rings. The number of hydrogen-bond donors (Lipinski definition) is 0. The molecule has 0 radical (unpaired) electrons. The van der Waals surface area contributed by atoms with Crippen LogP contribution in [0.2, 0.25) is 0 Å². The van der Waals surface area contributed by atoms with Crippen molar-refractivity contribution in [3.8, 4) is 61.3 Å². The van der Waals surface area contributed by atoms with Gasteiger partial charge < -0.3 is 13.9 Å². The second-order valence-corrected chi connectivity index (χ2v) is 17.7. The number of nitrogens with zero attached hydrogens (tertiary/aromatic N) is 2. The topological polar surface area (TPSA) is 21.3 Å². The molecule has 0 amide bonds. The summed E-state index contributed by atoms with van der Waals surface area (Å²) < 4.78 is 9.07. The van der Waals surface area contributed by atoms with Crippen LogP contribution in [0.25, 0.3) is 105 Å². The summed E-state index contributed by atoms with van der Waals surface area (Å²) in [6, 6.07) is 95.9. The lowest BCUT2D eigenvalue weighted by Gasteiger charge is -2.28. The van der Waals surface area contributed by atoms with Crippen LogP contribution in [0.1, 0.15) is 0 Å². The van der Waals surface area contributed by atoms with Crippen LogP contribution in [0, 0.1) is 0 Å². The Morgan fingerprint density at radius 3 is 1.49 bits per heavy atom. The first-order chi connectivity index (χ1) is 34.2. The van der Waals surface area contributed by atoms with Crippen LogP contribution in [0.15, 0.2) is 271 Å². The maximum absolute atomic E-state index is 6.69. The fourth-order valence-corrected chi connectivity index (χ4v) is 10.3. The molecule has 0 N–H and O–H groups in total. The van der Waals surface area contributed by atoms with Crippen LogP contribution in [0.4, 0.5) is 17.1 Å². The molecule has 69 heavy (non-hydrogen) atoms. The monoisotopic (exact) mass is 880 g/mol. The molecule has 0 saturated carbocycles. The molecule has 0 saturated heterocycles. The predicted octanol–water partition coefficient (Wildman–Crippen LogP) is 18.5. The number of rotatable bonds is 9. The lowest BCUT2D eigenvalue weighted by molar-refractivity contribution is 0.670. The molecule has 3 nitrogen and oxygen atoms in total. The second-order valence-electron chi connectivity index (χ2n) is 17.7. The first-order valence-corrected chi connectivity index (χ1v) is 23.6. The van der Waals surface area contributed by atoms with E-state index in [2.05, 4.69) is 270 Å². The van der Waals surface area contributed by atoms with E-state index in [1.807, 2.05) is 6.07 Å². The Hall–Kier alpha value is -9.18. The number of benzene rings is 11. The fourth-order valence-electron chi connectivity index (χ4n) is 10.3. The lowest BCUT2D eigenvalue weighted by atomic mass is 9.98. The molecule has 13 rings (SSSR count). The Balaban J connectivity index is 0.848. The quantitative estimate of drug-likeness (QED) is 0.144. The molecule has 0 fully saturated rings. The van der Waals surface area contributed by atoms with Gasteiger partial charge in [-0.2, -0.15) is 0 Å². The minimum Gasteiger partial charge on any atom is -0.455 e. The summed E-state index contributed by atoms with van der Waals surface area (Å²) in [6.07, 6.45) is 0. The maximum atomic E-state index is 6.69. The zero-order valence-corrected chi connectivity index (χ0v) is 37.7. The van der Waals surface area contributed by atoms with Gasteiger partial charge in [0.15, 0.2) is 0 Å². The van der Waals surface area contributed by atoms with Crippen molar-refractivity contribution in [2.24, 2.45) is 0 Å². The van der Waals surface area contributed by atoms with Gasteiger partial charge in [0.25, 0.3) is 0 Å².